The molecule has 9 heavy (non-hydrogen) atoms. The van der Waals surface area contributed by atoms with Gasteiger partial charge in [-0.2, -0.15) is 0 Å². The lowest BCUT2D eigenvalue weighted by Gasteiger charge is -2.18. The molecule has 0 aromatic heterocycles. The molecule has 52 valence electrons. The standard InChI is InChI=1S/C8H14O/c1-7-3-5-8(9-2)6-4-7/h3,8H,4-6H2,1-2H3/t8-/m1/s1. The zero-order valence-corrected chi connectivity index (χ0v) is 6.18. The zero-order valence-electron chi connectivity index (χ0n) is 6.18. The van der Waals surface area contributed by atoms with Gasteiger partial charge in [-0.05, 0) is 26.2 Å². The van der Waals surface area contributed by atoms with Crippen molar-refractivity contribution in [1.29, 1.82) is 0 Å². The average Bonchev–Trinajstić information content (AvgIpc) is 1.90. The molecule has 0 fully saturated rings. The van der Waals surface area contributed by atoms with Gasteiger partial charge in [-0.1, -0.05) is 11.6 Å². The van der Waals surface area contributed by atoms with Crippen LogP contribution in [0.2, 0.25) is 0 Å². The van der Waals surface area contributed by atoms with Crippen LogP contribution in [0.5, 0.6) is 0 Å². The van der Waals surface area contributed by atoms with Crippen LogP contribution in [-0.4, -0.2) is 13.2 Å². The fourth-order valence-corrected chi connectivity index (χ4v) is 1.16. The van der Waals surface area contributed by atoms with Gasteiger partial charge in [-0.25, -0.2) is 0 Å². The lowest BCUT2D eigenvalue weighted by Crippen LogP contribution is -2.12. The predicted molar refractivity (Wildman–Crippen MR) is 38.4 cm³/mol. The monoisotopic (exact) mass is 126 g/mol. The molecule has 0 aromatic rings. The fraction of sp³-hybridized carbons (Fsp3) is 0.750. The Kier molecular flexibility index (Phi) is 2.29. The van der Waals surface area contributed by atoms with Crippen LogP contribution < -0.4 is 0 Å². The summed E-state index contributed by atoms with van der Waals surface area (Å²) in [6.45, 7) is 2.19. The highest BCUT2D eigenvalue weighted by Gasteiger charge is 2.09. The first-order valence-corrected chi connectivity index (χ1v) is 3.51. The Morgan fingerprint density at radius 3 is 2.89 bits per heavy atom. The molecular weight excluding hydrogens is 112 g/mol. The second-order valence-electron chi connectivity index (χ2n) is 2.68. The zero-order chi connectivity index (χ0) is 6.69. The van der Waals surface area contributed by atoms with Crippen LogP contribution in [0.15, 0.2) is 11.6 Å². The molecule has 1 rings (SSSR count). The Balaban J connectivity index is 2.36. The molecule has 1 nitrogen and oxygen atoms in total. The van der Waals surface area contributed by atoms with E-state index in [1.54, 1.807) is 7.11 Å². The van der Waals surface area contributed by atoms with Gasteiger partial charge in [0.05, 0.1) is 6.10 Å². The molecule has 0 aliphatic heterocycles. The van der Waals surface area contributed by atoms with Gasteiger partial charge in [-0.15, -0.1) is 0 Å². The van der Waals surface area contributed by atoms with E-state index in [-0.39, 0.29) is 0 Å². The molecule has 0 N–H and O–H groups in total. The minimum atomic E-state index is 0.494. The Labute approximate surface area is 56.7 Å². The van der Waals surface area contributed by atoms with Crippen LogP contribution in [0, 0.1) is 0 Å². The third-order valence-electron chi connectivity index (χ3n) is 1.92. The largest absolute Gasteiger partial charge is 0.381 e. The second-order valence-corrected chi connectivity index (χ2v) is 2.68. The highest BCUT2D eigenvalue weighted by Crippen LogP contribution is 2.18. The van der Waals surface area contributed by atoms with E-state index < -0.39 is 0 Å². The van der Waals surface area contributed by atoms with Crippen LogP contribution >= 0.6 is 0 Å². The number of rotatable bonds is 1. The number of methoxy groups -OCH3 is 1. The molecule has 0 bridgehead atoms. The topological polar surface area (TPSA) is 9.23 Å². The molecule has 0 amide bonds. The van der Waals surface area contributed by atoms with E-state index >= 15 is 0 Å². The van der Waals surface area contributed by atoms with Gasteiger partial charge in [0.25, 0.3) is 0 Å². The van der Waals surface area contributed by atoms with Crippen molar-refractivity contribution in [2.75, 3.05) is 7.11 Å². The third kappa shape index (κ3) is 1.83. The quantitative estimate of drug-likeness (QED) is 0.489. The van der Waals surface area contributed by atoms with E-state index in [2.05, 4.69) is 13.0 Å². The lowest BCUT2D eigenvalue weighted by molar-refractivity contribution is 0.0941. The summed E-state index contributed by atoms with van der Waals surface area (Å²) >= 11 is 0. The smallest absolute Gasteiger partial charge is 0.0608 e. The molecule has 1 atom stereocenters. The second kappa shape index (κ2) is 3.02. The fourth-order valence-electron chi connectivity index (χ4n) is 1.16. The summed E-state index contributed by atoms with van der Waals surface area (Å²) in [5.41, 5.74) is 1.52. The van der Waals surface area contributed by atoms with Crippen molar-refractivity contribution in [2.24, 2.45) is 0 Å². The van der Waals surface area contributed by atoms with Gasteiger partial charge in [0.2, 0.25) is 0 Å². The predicted octanol–water partition coefficient (Wildman–Crippen LogP) is 2.13. The van der Waals surface area contributed by atoms with Crippen molar-refractivity contribution in [3.05, 3.63) is 11.6 Å². The SMILES string of the molecule is CO[C@@H]1CC=C(C)CC1. The number of ether oxygens (including phenoxy) is 1. The molecule has 0 spiro atoms. The first-order chi connectivity index (χ1) is 4.33. The summed E-state index contributed by atoms with van der Waals surface area (Å²) in [6.07, 6.45) is 6.31. The van der Waals surface area contributed by atoms with Crippen LogP contribution in [0.3, 0.4) is 0 Å². The van der Waals surface area contributed by atoms with Crippen LogP contribution in [0.25, 0.3) is 0 Å². The Hall–Kier alpha value is -0.300. The van der Waals surface area contributed by atoms with Gasteiger partial charge in [0, 0.05) is 7.11 Å². The minimum Gasteiger partial charge on any atom is -0.381 e. The van der Waals surface area contributed by atoms with Crippen molar-refractivity contribution in [3.8, 4) is 0 Å². The Morgan fingerprint density at radius 2 is 2.44 bits per heavy atom. The van der Waals surface area contributed by atoms with Gasteiger partial charge in [0.1, 0.15) is 0 Å². The van der Waals surface area contributed by atoms with E-state index in [9.17, 15) is 0 Å². The number of allylic oxidation sites excluding steroid dienone is 1. The van der Waals surface area contributed by atoms with Crippen molar-refractivity contribution in [1.82, 2.24) is 0 Å². The first kappa shape index (κ1) is 6.81. The molecule has 0 heterocycles. The van der Waals surface area contributed by atoms with E-state index in [1.807, 2.05) is 0 Å². The van der Waals surface area contributed by atoms with E-state index in [4.69, 9.17) is 4.74 Å². The minimum absolute atomic E-state index is 0.494. The molecule has 0 saturated carbocycles. The highest BCUT2D eigenvalue weighted by atomic mass is 16.5. The molecule has 0 aromatic carbocycles. The van der Waals surface area contributed by atoms with Crippen molar-refractivity contribution >= 4 is 0 Å². The summed E-state index contributed by atoms with van der Waals surface area (Å²) in [6, 6.07) is 0. The number of hydrogen-bond donors (Lipinski definition) is 0. The van der Waals surface area contributed by atoms with Crippen molar-refractivity contribution in [2.45, 2.75) is 32.3 Å². The Morgan fingerprint density at radius 1 is 1.67 bits per heavy atom. The van der Waals surface area contributed by atoms with E-state index in [1.165, 1.54) is 18.4 Å². The van der Waals surface area contributed by atoms with Gasteiger partial charge in [-0.3, -0.25) is 0 Å². The lowest BCUT2D eigenvalue weighted by atomic mass is 9.98. The van der Waals surface area contributed by atoms with Crippen molar-refractivity contribution in [3.63, 3.8) is 0 Å². The normalized spacial score (nSPS) is 27.8. The molecule has 0 radical (unpaired) electrons. The molecular formula is C8H14O. The molecule has 1 aliphatic carbocycles. The molecule has 1 aliphatic rings. The maximum absolute atomic E-state index is 5.19. The molecule has 0 unspecified atom stereocenters. The molecule has 1 heteroatoms. The molecule has 0 saturated heterocycles. The summed E-state index contributed by atoms with van der Waals surface area (Å²) in [7, 11) is 1.79. The summed E-state index contributed by atoms with van der Waals surface area (Å²) in [4.78, 5) is 0. The van der Waals surface area contributed by atoms with Crippen LogP contribution in [0.1, 0.15) is 26.2 Å². The van der Waals surface area contributed by atoms with E-state index in [0.29, 0.717) is 6.10 Å². The van der Waals surface area contributed by atoms with Gasteiger partial charge < -0.3 is 4.74 Å². The van der Waals surface area contributed by atoms with Crippen LogP contribution in [-0.2, 0) is 4.74 Å². The maximum Gasteiger partial charge on any atom is 0.0608 e. The van der Waals surface area contributed by atoms with Gasteiger partial charge in [0.15, 0.2) is 0 Å². The van der Waals surface area contributed by atoms with Crippen LogP contribution in [0.4, 0.5) is 0 Å². The summed E-state index contributed by atoms with van der Waals surface area (Å²) < 4.78 is 5.19. The summed E-state index contributed by atoms with van der Waals surface area (Å²) in [5, 5.41) is 0. The van der Waals surface area contributed by atoms with Gasteiger partial charge >= 0.3 is 0 Å². The first-order valence-electron chi connectivity index (χ1n) is 3.51. The van der Waals surface area contributed by atoms with Crippen molar-refractivity contribution < 1.29 is 4.74 Å². The van der Waals surface area contributed by atoms with E-state index in [0.717, 1.165) is 6.42 Å². The average molecular weight is 126 g/mol. The highest BCUT2D eigenvalue weighted by molar-refractivity contribution is 5.03. The maximum atomic E-state index is 5.19. The number of hydrogen-bond acceptors (Lipinski definition) is 1. The Bertz CT molecular complexity index is 116. The third-order valence-corrected chi connectivity index (χ3v) is 1.92. The summed E-state index contributed by atoms with van der Waals surface area (Å²) in [5.74, 6) is 0.